The van der Waals surface area contributed by atoms with Crippen molar-refractivity contribution in [1.82, 2.24) is 14.9 Å². The zero-order chi connectivity index (χ0) is 23.5. The lowest BCUT2D eigenvalue weighted by Crippen LogP contribution is -2.45. The number of nitrogens with one attached hydrogen (secondary N) is 1. The first-order valence-corrected chi connectivity index (χ1v) is 12.2. The summed E-state index contributed by atoms with van der Waals surface area (Å²) in [4.78, 5) is 24.8. The second kappa shape index (κ2) is 9.44. The summed E-state index contributed by atoms with van der Waals surface area (Å²) < 4.78 is 3.34. The molecule has 4 aromatic rings. The highest BCUT2D eigenvalue weighted by molar-refractivity contribution is 8.00. The summed E-state index contributed by atoms with van der Waals surface area (Å²) in [6.07, 6.45) is 4.46. The van der Waals surface area contributed by atoms with Gasteiger partial charge in [0.05, 0.1) is 16.1 Å². The third-order valence-corrected chi connectivity index (χ3v) is 7.22. The van der Waals surface area contributed by atoms with Crippen LogP contribution in [-0.4, -0.2) is 39.0 Å². The number of piperidine rings is 1. The quantitative estimate of drug-likeness (QED) is 0.391. The summed E-state index contributed by atoms with van der Waals surface area (Å²) >= 11 is 1.50. The van der Waals surface area contributed by atoms with Gasteiger partial charge in [-0.25, -0.2) is 0 Å². The first kappa shape index (κ1) is 22.4. The highest BCUT2D eigenvalue weighted by atomic mass is 32.2. The molecule has 7 heteroatoms. The van der Waals surface area contributed by atoms with Crippen LogP contribution in [0, 0.1) is 6.92 Å². The van der Waals surface area contributed by atoms with Crippen molar-refractivity contribution < 1.29 is 9.90 Å². The molecule has 2 N–H and O–H groups in total. The Kier molecular flexibility index (Phi) is 6.22. The highest BCUT2D eigenvalue weighted by Crippen LogP contribution is 2.34. The van der Waals surface area contributed by atoms with Crippen LogP contribution in [0.15, 0.2) is 84.0 Å². The Bertz CT molecular complexity index is 1310. The number of aliphatic hydroxyl groups is 1. The lowest BCUT2D eigenvalue weighted by molar-refractivity contribution is -0.0248. The first-order valence-electron chi connectivity index (χ1n) is 11.3. The second-order valence-electron chi connectivity index (χ2n) is 8.61. The van der Waals surface area contributed by atoms with E-state index in [1.54, 1.807) is 12.4 Å². The lowest BCUT2D eigenvalue weighted by atomic mass is 9.85. The molecule has 0 aliphatic carbocycles. The number of aryl methyl sites for hydroxylation is 1. The van der Waals surface area contributed by atoms with Crippen LogP contribution >= 0.6 is 11.9 Å². The van der Waals surface area contributed by atoms with Crippen LogP contribution < -0.4 is 4.72 Å². The van der Waals surface area contributed by atoms with Gasteiger partial charge in [-0.3, -0.25) is 14.8 Å². The Hall–Kier alpha value is -3.42. The molecule has 1 saturated heterocycles. The fourth-order valence-corrected chi connectivity index (χ4v) is 5.20. The van der Waals surface area contributed by atoms with Crippen LogP contribution in [0.4, 0.5) is 5.69 Å². The van der Waals surface area contributed by atoms with E-state index < -0.39 is 5.60 Å². The molecular formula is C27H26N4O2S. The van der Waals surface area contributed by atoms with E-state index in [-0.39, 0.29) is 5.91 Å². The summed E-state index contributed by atoms with van der Waals surface area (Å²) in [7, 11) is 0. The minimum Gasteiger partial charge on any atom is -0.383 e. The number of nitrogens with zero attached hydrogens (tertiary/aromatic N) is 3. The number of hydrogen-bond acceptors (Lipinski definition) is 6. The molecule has 172 valence electrons. The van der Waals surface area contributed by atoms with Crippen molar-refractivity contribution in [3.63, 3.8) is 0 Å². The smallest absolute Gasteiger partial charge is 0.253 e. The van der Waals surface area contributed by atoms with Crippen molar-refractivity contribution in [2.24, 2.45) is 0 Å². The molecule has 6 nitrogen and oxygen atoms in total. The number of fused-ring (bicyclic) bond motifs is 1. The number of aromatic nitrogens is 2. The largest absolute Gasteiger partial charge is 0.383 e. The standard InChI is InChI=1S/C27H26N4O2S/c1-19-5-3-16-29-25(19)27(33)13-17-31(18-14-27)26(32)21-9-11-22(12-10-21)30-34-23-8-2-6-20-7-4-15-28-24(20)23/h2-12,15-16,30,33H,13-14,17-18H2,1H3. The predicted octanol–water partition coefficient (Wildman–Crippen LogP) is 5.18. The number of benzene rings is 2. The monoisotopic (exact) mass is 470 g/mol. The van der Waals surface area contributed by atoms with Crippen molar-refractivity contribution in [3.8, 4) is 0 Å². The van der Waals surface area contributed by atoms with E-state index in [2.05, 4.69) is 14.7 Å². The topological polar surface area (TPSA) is 78.4 Å². The Morgan fingerprint density at radius 2 is 1.68 bits per heavy atom. The van der Waals surface area contributed by atoms with Gasteiger partial charge in [0.15, 0.2) is 0 Å². The average molecular weight is 471 g/mol. The molecule has 0 radical (unpaired) electrons. The Labute approximate surface area is 203 Å². The van der Waals surface area contributed by atoms with Gasteiger partial charge >= 0.3 is 0 Å². The number of anilines is 1. The number of carbonyl (C=O) groups is 1. The summed E-state index contributed by atoms with van der Waals surface area (Å²) in [6, 6.07) is 21.4. The molecule has 0 unspecified atom stereocenters. The zero-order valence-corrected chi connectivity index (χ0v) is 19.8. The molecule has 1 aliphatic rings. The van der Waals surface area contributed by atoms with Gasteiger partial charge in [-0.2, -0.15) is 0 Å². The molecule has 0 saturated carbocycles. The Morgan fingerprint density at radius 3 is 2.44 bits per heavy atom. The molecule has 0 bridgehead atoms. The number of pyridine rings is 2. The summed E-state index contributed by atoms with van der Waals surface area (Å²) in [6.45, 7) is 2.95. The Morgan fingerprint density at radius 1 is 0.971 bits per heavy atom. The molecule has 1 fully saturated rings. The van der Waals surface area contributed by atoms with E-state index >= 15 is 0 Å². The second-order valence-corrected chi connectivity index (χ2v) is 9.45. The minimum absolute atomic E-state index is 0.0164. The minimum atomic E-state index is -0.983. The lowest BCUT2D eigenvalue weighted by Gasteiger charge is -2.38. The van der Waals surface area contributed by atoms with Gasteiger partial charge in [-0.05, 0) is 79.7 Å². The van der Waals surface area contributed by atoms with E-state index in [0.29, 0.717) is 31.5 Å². The molecule has 1 amide bonds. The third kappa shape index (κ3) is 4.49. The van der Waals surface area contributed by atoms with Gasteiger partial charge in [-0.1, -0.05) is 24.3 Å². The van der Waals surface area contributed by atoms with Crippen molar-refractivity contribution in [2.75, 3.05) is 17.8 Å². The molecule has 0 atom stereocenters. The molecule has 0 spiro atoms. The van der Waals surface area contributed by atoms with Crippen molar-refractivity contribution in [1.29, 1.82) is 0 Å². The first-order chi connectivity index (χ1) is 16.5. The third-order valence-electron chi connectivity index (χ3n) is 6.33. The molecule has 2 aromatic carbocycles. The molecule has 3 heterocycles. The van der Waals surface area contributed by atoms with Crippen LogP contribution in [0.2, 0.25) is 0 Å². The van der Waals surface area contributed by atoms with Crippen LogP contribution in [-0.2, 0) is 5.60 Å². The van der Waals surface area contributed by atoms with Crippen molar-refractivity contribution in [2.45, 2.75) is 30.3 Å². The summed E-state index contributed by atoms with van der Waals surface area (Å²) in [5, 5.41) is 12.2. The van der Waals surface area contributed by atoms with Crippen LogP contribution in [0.1, 0.15) is 34.5 Å². The molecular weight excluding hydrogens is 444 g/mol. The van der Waals surface area contributed by atoms with Gasteiger partial charge in [0, 0.05) is 42.1 Å². The Balaban J connectivity index is 1.21. The van der Waals surface area contributed by atoms with Crippen LogP contribution in [0.5, 0.6) is 0 Å². The van der Waals surface area contributed by atoms with Crippen molar-refractivity contribution >= 4 is 34.4 Å². The van der Waals surface area contributed by atoms with Gasteiger partial charge in [0.25, 0.3) is 5.91 Å². The fourth-order valence-electron chi connectivity index (χ4n) is 4.43. The SMILES string of the molecule is Cc1cccnc1C1(O)CCN(C(=O)c2ccc(NSc3cccc4cccnc34)cc2)CC1. The maximum Gasteiger partial charge on any atom is 0.253 e. The average Bonchev–Trinajstić information content (AvgIpc) is 2.88. The maximum atomic E-state index is 13.0. The molecule has 1 aliphatic heterocycles. The van der Waals surface area contributed by atoms with Gasteiger partial charge in [0.1, 0.15) is 5.60 Å². The number of para-hydroxylation sites is 1. The van der Waals surface area contributed by atoms with Gasteiger partial charge < -0.3 is 14.7 Å². The predicted molar refractivity (Wildman–Crippen MR) is 136 cm³/mol. The van der Waals surface area contributed by atoms with Gasteiger partial charge in [0.2, 0.25) is 0 Å². The number of carbonyl (C=O) groups excluding carboxylic acids is 1. The van der Waals surface area contributed by atoms with E-state index in [9.17, 15) is 9.90 Å². The number of hydrogen-bond donors (Lipinski definition) is 2. The highest BCUT2D eigenvalue weighted by Gasteiger charge is 2.37. The van der Waals surface area contributed by atoms with Crippen LogP contribution in [0.3, 0.4) is 0 Å². The van der Waals surface area contributed by atoms with E-state index in [4.69, 9.17) is 0 Å². The molecule has 34 heavy (non-hydrogen) atoms. The maximum absolute atomic E-state index is 13.0. The zero-order valence-electron chi connectivity index (χ0n) is 18.9. The molecule has 5 rings (SSSR count). The van der Waals surface area contributed by atoms with Gasteiger partial charge in [-0.15, -0.1) is 0 Å². The number of amides is 1. The van der Waals surface area contributed by atoms with E-state index in [0.717, 1.165) is 32.7 Å². The summed E-state index contributed by atoms with van der Waals surface area (Å²) in [5.41, 5.74) is 3.22. The summed E-state index contributed by atoms with van der Waals surface area (Å²) in [5.74, 6) is -0.0164. The number of rotatable bonds is 5. The van der Waals surface area contributed by atoms with E-state index in [1.807, 2.05) is 78.6 Å². The fraction of sp³-hybridized carbons (Fsp3) is 0.222. The van der Waals surface area contributed by atoms with E-state index in [1.165, 1.54) is 11.9 Å². The number of likely N-dealkylation sites (tertiary alicyclic amines) is 1. The normalized spacial score (nSPS) is 15.3. The molecule has 2 aromatic heterocycles. The van der Waals surface area contributed by atoms with Crippen LogP contribution in [0.25, 0.3) is 10.9 Å². The van der Waals surface area contributed by atoms with Crippen molar-refractivity contribution in [3.05, 3.63) is 95.9 Å².